The fraction of sp³-hybridized carbons (Fsp3) is 0.591. The number of nitrogens with zero attached hydrogens (tertiary/aromatic N) is 1. The van der Waals surface area contributed by atoms with Crippen molar-refractivity contribution in [3.8, 4) is 0 Å². The zero-order valence-corrected chi connectivity index (χ0v) is 17.8. The highest BCUT2D eigenvalue weighted by molar-refractivity contribution is 7.80. The molecule has 1 unspecified atom stereocenters. The second-order valence-corrected chi connectivity index (χ2v) is 8.38. The second-order valence-electron chi connectivity index (χ2n) is 7.98. The van der Waals surface area contributed by atoms with Crippen LogP contribution in [0.15, 0.2) is 24.3 Å². The summed E-state index contributed by atoms with van der Waals surface area (Å²) in [7, 11) is 0. The molecule has 2 rings (SSSR count). The van der Waals surface area contributed by atoms with Crippen LogP contribution in [0.5, 0.6) is 0 Å². The smallest absolute Gasteiger partial charge is 0.291 e. The predicted octanol–water partition coefficient (Wildman–Crippen LogP) is 4.49. The van der Waals surface area contributed by atoms with Gasteiger partial charge in [-0.2, -0.15) is 0 Å². The van der Waals surface area contributed by atoms with Gasteiger partial charge in [0.05, 0.1) is 6.61 Å². The largest absolute Gasteiger partial charge is 0.485 e. The van der Waals surface area contributed by atoms with Crippen molar-refractivity contribution in [2.45, 2.75) is 65.3 Å². The number of carbonyl (C=O) groups is 2. The number of Topliss-reactive ketones (excluding diaryl/α,β-unsaturated/α-hetero) is 1. The molecule has 4 nitrogen and oxygen atoms in total. The number of thiocarbonyl (C=S) groups is 1. The summed E-state index contributed by atoms with van der Waals surface area (Å²) in [5.74, 6) is -1.07. The molecule has 1 heterocycles. The maximum absolute atomic E-state index is 13.2. The van der Waals surface area contributed by atoms with Gasteiger partial charge in [0.2, 0.25) is 5.78 Å². The van der Waals surface area contributed by atoms with E-state index in [9.17, 15) is 14.0 Å². The Morgan fingerprint density at radius 2 is 2.07 bits per heavy atom. The van der Waals surface area contributed by atoms with Gasteiger partial charge in [-0.1, -0.05) is 32.9 Å². The highest BCUT2D eigenvalue weighted by atomic mass is 32.1. The minimum atomic E-state index is -0.674. The third-order valence-electron chi connectivity index (χ3n) is 5.47. The summed E-state index contributed by atoms with van der Waals surface area (Å²) in [6.45, 7) is 6.44. The number of hydrogen-bond acceptors (Lipinski definition) is 4. The van der Waals surface area contributed by atoms with Crippen molar-refractivity contribution in [2.75, 3.05) is 13.2 Å². The second kappa shape index (κ2) is 10.1. The van der Waals surface area contributed by atoms with Crippen molar-refractivity contribution in [1.82, 2.24) is 4.90 Å². The molecule has 1 aliphatic rings. The SMILES string of the molecule is CCC(C)(C)C(=O)C(=O)N1CCCCC1C(=S)OCCCc1cccc(F)c1. The minimum Gasteiger partial charge on any atom is -0.485 e. The summed E-state index contributed by atoms with van der Waals surface area (Å²) < 4.78 is 19.0. The van der Waals surface area contributed by atoms with Crippen molar-refractivity contribution >= 4 is 29.0 Å². The lowest BCUT2D eigenvalue weighted by Crippen LogP contribution is -2.52. The van der Waals surface area contributed by atoms with E-state index >= 15 is 0 Å². The van der Waals surface area contributed by atoms with Crippen LogP contribution in [0.25, 0.3) is 0 Å². The number of likely N-dealkylation sites (tertiary alicyclic amines) is 1. The monoisotopic (exact) mass is 407 g/mol. The number of carbonyl (C=O) groups excluding carboxylic acids is 2. The first-order chi connectivity index (χ1) is 13.3. The summed E-state index contributed by atoms with van der Waals surface area (Å²) in [5, 5.41) is 0.370. The molecule has 1 fully saturated rings. The number of ether oxygens (including phenoxy) is 1. The molecular formula is C22H30FNO3S. The molecule has 1 aromatic rings. The van der Waals surface area contributed by atoms with Crippen LogP contribution in [0.2, 0.25) is 0 Å². The van der Waals surface area contributed by atoms with Crippen LogP contribution in [-0.2, 0) is 20.7 Å². The Morgan fingerprint density at radius 1 is 1.32 bits per heavy atom. The molecule has 0 spiro atoms. The normalized spacial score (nSPS) is 17.3. The zero-order valence-electron chi connectivity index (χ0n) is 17.0. The molecule has 0 N–H and O–H groups in total. The van der Waals surface area contributed by atoms with Gasteiger partial charge in [0.25, 0.3) is 5.91 Å². The Balaban J connectivity index is 1.90. The fourth-order valence-electron chi connectivity index (χ4n) is 3.24. The Morgan fingerprint density at radius 3 is 2.75 bits per heavy atom. The number of hydrogen-bond donors (Lipinski definition) is 0. The molecule has 0 saturated carbocycles. The highest BCUT2D eigenvalue weighted by Gasteiger charge is 2.39. The van der Waals surface area contributed by atoms with E-state index in [0.29, 0.717) is 43.9 Å². The van der Waals surface area contributed by atoms with Gasteiger partial charge in [-0.15, -0.1) is 0 Å². The summed E-state index contributed by atoms with van der Waals surface area (Å²) in [6, 6.07) is 6.17. The lowest BCUT2D eigenvalue weighted by molar-refractivity contribution is -0.150. The number of aryl methyl sites for hydroxylation is 1. The number of rotatable bonds is 8. The Bertz CT molecular complexity index is 719. The maximum atomic E-state index is 13.2. The standard InChI is InChI=1S/C22H30FNO3S/c1-4-22(2,3)19(25)20(26)24-13-6-5-12-18(24)21(28)27-14-8-10-16-9-7-11-17(23)15-16/h7,9,11,15,18H,4-6,8,10,12-14H2,1-3H3. The first kappa shape index (κ1) is 22.5. The molecule has 1 aromatic carbocycles. The lowest BCUT2D eigenvalue weighted by atomic mass is 9.84. The molecular weight excluding hydrogens is 377 g/mol. The molecule has 1 amide bonds. The van der Waals surface area contributed by atoms with E-state index in [4.69, 9.17) is 17.0 Å². The van der Waals surface area contributed by atoms with Crippen LogP contribution in [0.3, 0.4) is 0 Å². The molecule has 1 atom stereocenters. The Hall–Kier alpha value is -1.82. The van der Waals surface area contributed by atoms with Crippen LogP contribution in [0, 0.1) is 11.2 Å². The van der Waals surface area contributed by atoms with Crippen LogP contribution >= 0.6 is 12.2 Å². The van der Waals surface area contributed by atoms with Gasteiger partial charge < -0.3 is 9.64 Å². The van der Waals surface area contributed by atoms with E-state index in [0.717, 1.165) is 18.4 Å². The highest BCUT2D eigenvalue weighted by Crippen LogP contribution is 2.26. The van der Waals surface area contributed by atoms with Crippen molar-refractivity contribution in [3.05, 3.63) is 35.6 Å². The quantitative estimate of drug-likeness (QED) is 0.362. The van der Waals surface area contributed by atoms with E-state index in [-0.39, 0.29) is 17.6 Å². The summed E-state index contributed by atoms with van der Waals surface area (Å²) >= 11 is 5.44. The van der Waals surface area contributed by atoms with Crippen LogP contribution < -0.4 is 0 Å². The average Bonchev–Trinajstić information content (AvgIpc) is 2.70. The van der Waals surface area contributed by atoms with E-state index in [1.54, 1.807) is 24.8 Å². The van der Waals surface area contributed by atoms with Crippen molar-refractivity contribution in [2.24, 2.45) is 5.41 Å². The first-order valence-electron chi connectivity index (χ1n) is 10.0. The van der Waals surface area contributed by atoms with Crippen molar-refractivity contribution in [3.63, 3.8) is 0 Å². The minimum absolute atomic E-state index is 0.245. The Kier molecular flexibility index (Phi) is 8.10. The van der Waals surface area contributed by atoms with Crippen LogP contribution in [-0.4, -0.2) is 40.8 Å². The van der Waals surface area contributed by atoms with Gasteiger partial charge in [-0.05, 0) is 68.4 Å². The van der Waals surface area contributed by atoms with E-state index in [1.807, 2.05) is 13.0 Å². The van der Waals surface area contributed by atoms with Gasteiger partial charge in [0, 0.05) is 12.0 Å². The van der Waals surface area contributed by atoms with Crippen molar-refractivity contribution in [1.29, 1.82) is 0 Å². The molecule has 1 aliphatic heterocycles. The molecule has 154 valence electrons. The van der Waals surface area contributed by atoms with Gasteiger partial charge in [-0.3, -0.25) is 9.59 Å². The summed E-state index contributed by atoms with van der Waals surface area (Å²) in [4.78, 5) is 27.0. The molecule has 1 saturated heterocycles. The number of benzene rings is 1. The molecule has 0 radical (unpaired) electrons. The molecule has 0 bridgehead atoms. The van der Waals surface area contributed by atoms with Crippen LogP contribution in [0.4, 0.5) is 4.39 Å². The fourth-order valence-corrected chi connectivity index (χ4v) is 3.57. The van der Waals surface area contributed by atoms with Gasteiger partial charge >= 0.3 is 0 Å². The van der Waals surface area contributed by atoms with E-state index in [2.05, 4.69) is 0 Å². The number of amides is 1. The van der Waals surface area contributed by atoms with Crippen LogP contribution in [0.1, 0.15) is 58.4 Å². The molecule has 0 aromatic heterocycles. The summed E-state index contributed by atoms with van der Waals surface area (Å²) in [5.41, 5.74) is 0.239. The van der Waals surface area contributed by atoms with Crippen molar-refractivity contribution < 1.29 is 18.7 Å². The van der Waals surface area contributed by atoms with E-state index in [1.165, 1.54) is 12.1 Å². The average molecular weight is 408 g/mol. The maximum Gasteiger partial charge on any atom is 0.291 e. The van der Waals surface area contributed by atoms with Gasteiger partial charge in [0.15, 0.2) is 5.05 Å². The molecule has 28 heavy (non-hydrogen) atoms. The lowest BCUT2D eigenvalue weighted by Gasteiger charge is -2.36. The Labute approximate surface area is 172 Å². The summed E-state index contributed by atoms with van der Waals surface area (Å²) in [6.07, 6.45) is 4.53. The number of piperidine rings is 1. The number of halogens is 1. The third-order valence-corrected chi connectivity index (χ3v) is 5.86. The van der Waals surface area contributed by atoms with Gasteiger partial charge in [-0.25, -0.2) is 4.39 Å². The van der Waals surface area contributed by atoms with Gasteiger partial charge in [0.1, 0.15) is 11.9 Å². The topological polar surface area (TPSA) is 46.6 Å². The van der Waals surface area contributed by atoms with E-state index < -0.39 is 11.3 Å². The molecule has 6 heteroatoms. The molecule has 0 aliphatic carbocycles. The third kappa shape index (κ3) is 5.84. The number of ketones is 1. The zero-order chi connectivity index (χ0) is 20.7. The predicted molar refractivity (Wildman–Crippen MR) is 112 cm³/mol. The first-order valence-corrected chi connectivity index (χ1v) is 10.4.